The zero-order valence-corrected chi connectivity index (χ0v) is 15.9. The predicted molar refractivity (Wildman–Crippen MR) is 106 cm³/mol. The largest absolute Gasteiger partial charge is 0.497 e. The molecule has 0 spiro atoms. The van der Waals surface area contributed by atoms with Gasteiger partial charge in [-0.2, -0.15) is 0 Å². The van der Waals surface area contributed by atoms with Crippen molar-refractivity contribution in [2.24, 2.45) is 11.7 Å². The number of hydrogen-bond donors (Lipinski definition) is 2. The van der Waals surface area contributed by atoms with Crippen molar-refractivity contribution in [3.63, 3.8) is 0 Å². The maximum atomic E-state index is 12.8. The highest BCUT2D eigenvalue weighted by atomic mass is 16.5. The molecule has 3 N–H and O–H groups in total. The lowest BCUT2D eigenvalue weighted by Gasteiger charge is -2.39. The number of nitrogens with zero attached hydrogens (tertiary/aromatic N) is 1. The van der Waals surface area contributed by atoms with Gasteiger partial charge in [0.05, 0.1) is 18.5 Å². The van der Waals surface area contributed by atoms with Crippen molar-refractivity contribution in [1.82, 2.24) is 0 Å². The smallest absolute Gasteiger partial charge is 0.248 e. The van der Waals surface area contributed by atoms with Crippen molar-refractivity contribution in [3.05, 3.63) is 53.6 Å². The van der Waals surface area contributed by atoms with Gasteiger partial charge in [0.1, 0.15) is 11.8 Å². The van der Waals surface area contributed by atoms with Crippen LogP contribution in [0.25, 0.3) is 0 Å². The minimum absolute atomic E-state index is 0.0688. The summed E-state index contributed by atoms with van der Waals surface area (Å²) in [5.41, 5.74) is 8.30. The van der Waals surface area contributed by atoms with Crippen LogP contribution >= 0.6 is 0 Å². The zero-order valence-electron chi connectivity index (χ0n) is 15.9. The molecule has 142 valence electrons. The second kappa shape index (κ2) is 7.70. The molecule has 2 aromatic rings. The van der Waals surface area contributed by atoms with E-state index in [9.17, 15) is 9.59 Å². The van der Waals surface area contributed by atoms with Gasteiger partial charge >= 0.3 is 0 Å². The Morgan fingerprint density at radius 1 is 1.26 bits per heavy atom. The highest BCUT2D eigenvalue weighted by Crippen LogP contribution is 2.36. The van der Waals surface area contributed by atoms with Crippen LogP contribution in [0.3, 0.4) is 0 Å². The van der Waals surface area contributed by atoms with Crippen molar-refractivity contribution in [1.29, 1.82) is 0 Å². The molecule has 0 radical (unpaired) electrons. The van der Waals surface area contributed by atoms with Crippen molar-refractivity contribution >= 4 is 23.2 Å². The van der Waals surface area contributed by atoms with Crippen LogP contribution in [-0.4, -0.2) is 25.0 Å². The summed E-state index contributed by atoms with van der Waals surface area (Å²) < 4.78 is 5.32. The molecule has 6 nitrogen and oxygen atoms in total. The standard InChI is InChI=1S/C21H25N3O3/c1-13(2)9-19-21(26)23-17-11-15(20(22)25)7-8-18(17)24(19)12-14-5-4-6-16(10-14)27-3/h4-8,10-11,13,19H,9,12H2,1-3H3,(H2,22,25)(H,23,26)/t19-/m0/s1. The molecule has 2 aromatic carbocycles. The number of rotatable bonds is 6. The fraction of sp³-hybridized carbons (Fsp3) is 0.333. The van der Waals surface area contributed by atoms with Crippen LogP contribution in [0.15, 0.2) is 42.5 Å². The summed E-state index contributed by atoms with van der Waals surface area (Å²) in [5, 5.41) is 2.94. The molecule has 1 atom stereocenters. The molecular weight excluding hydrogens is 342 g/mol. The fourth-order valence-electron chi connectivity index (χ4n) is 3.41. The summed E-state index contributed by atoms with van der Waals surface area (Å²) in [6.45, 7) is 4.76. The van der Waals surface area contributed by atoms with Crippen LogP contribution in [0, 0.1) is 5.92 Å². The van der Waals surface area contributed by atoms with Gasteiger partial charge < -0.3 is 20.7 Å². The molecule has 0 saturated heterocycles. The first-order valence-electron chi connectivity index (χ1n) is 9.03. The Balaban J connectivity index is 2.02. The molecule has 0 unspecified atom stereocenters. The highest BCUT2D eigenvalue weighted by molar-refractivity contribution is 6.05. The van der Waals surface area contributed by atoms with Gasteiger partial charge in [-0.1, -0.05) is 26.0 Å². The first-order valence-corrected chi connectivity index (χ1v) is 9.03. The second-order valence-electron chi connectivity index (χ2n) is 7.21. The third kappa shape index (κ3) is 4.05. The van der Waals surface area contributed by atoms with Gasteiger partial charge in [-0.3, -0.25) is 9.59 Å². The van der Waals surface area contributed by atoms with Crippen molar-refractivity contribution in [3.8, 4) is 5.75 Å². The Labute approximate surface area is 159 Å². The lowest BCUT2D eigenvalue weighted by atomic mass is 9.97. The Bertz CT molecular complexity index is 864. The summed E-state index contributed by atoms with van der Waals surface area (Å²) in [6.07, 6.45) is 0.729. The number of benzene rings is 2. The fourth-order valence-corrected chi connectivity index (χ4v) is 3.41. The number of anilines is 2. The van der Waals surface area contributed by atoms with E-state index in [1.54, 1.807) is 19.2 Å². The number of carbonyl (C=O) groups is 2. The van der Waals surface area contributed by atoms with E-state index in [1.165, 1.54) is 0 Å². The number of methoxy groups -OCH3 is 1. The molecule has 2 amide bonds. The Morgan fingerprint density at radius 2 is 2.04 bits per heavy atom. The number of primary amides is 1. The van der Waals surface area contributed by atoms with Gasteiger partial charge in [0.25, 0.3) is 0 Å². The van der Waals surface area contributed by atoms with Gasteiger partial charge in [-0.05, 0) is 48.2 Å². The van der Waals surface area contributed by atoms with Crippen molar-refractivity contribution in [2.75, 3.05) is 17.3 Å². The highest BCUT2D eigenvalue weighted by Gasteiger charge is 2.33. The molecule has 3 rings (SSSR count). The number of nitrogens with one attached hydrogen (secondary N) is 1. The van der Waals surface area contributed by atoms with Crippen LogP contribution < -0.4 is 20.7 Å². The molecule has 0 aromatic heterocycles. The van der Waals surface area contributed by atoms with Gasteiger partial charge in [0, 0.05) is 12.1 Å². The van der Waals surface area contributed by atoms with Crippen LogP contribution in [0.4, 0.5) is 11.4 Å². The maximum absolute atomic E-state index is 12.8. The summed E-state index contributed by atoms with van der Waals surface area (Å²) >= 11 is 0. The number of ether oxygens (including phenoxy) is 1. The van der Waals surface area contributed by atoms with Crippen LogP contribution in [-0.2, 0) is 11.3 Å². The van der Waals surface area contributed by atoms with E-state index in [0.29, 0.717) is 23.7 Å². The Morgan fingerprint density at radius 3 is 2.70 bits per heavy atom. The van der Waals surface area contributed by atoms with E-state index in [-0.39, 0.29) is 11.9 Å². The van der Waals surface area contributed by atoms with E-state index in [4.69, 9.17) is 10.5 Å². The van der Waals surface area contributed by atoms with Crippen LogP contribution in [0.2, 0.25) is 0 Å². The molecular formula is C21H25N3O3. The molecule has 0 aliphatic carbocycles. The molecule has 6 heteroatoms. The molecule has 1 aliphatic heterocycles. The Kier molecular flexibility index (Phi) is 5.35. The third-order valence-corrected chi connectivity index (χ3v) is 4.71. The van der Waals surface area contributed by atoms with Gasteiger partial charge in [0.2, 0.25) is 11.8 Å². The first-order chi connectivity index (χ1) is 12.9. The normalized spacial score (nSPS) is 16.1. The average Bonchev–Trinajstić information content (AvgIpc) is 2.63. The van der Waals surface area contributed by atoms with E-state index in [2.05, 4.69) is 24.1 Å². The second-order valence-corrected chi connectivity index (χ2v) is 7.21. The summed E-state index contributed by atoms with van der Waals surface area (Å²) in [5.74, 6) is 0.551. The van der Waals surface area contributed by atoms with E-state index in [1.807, 2.05) is 30.3 Å². The van der Waals surface area contributed by atoms with Gasteiger partial charge in [0.15, 0.2) is 0 Å². The van der Waals surface area contributed by atoms with Crippen molar-refractivity contribution in [2.45, 2.75) is 32.9 Å². The lowest BCUT2D eigenvalue weighted by Crippen LogP contribution is -2.48. The molecule has 0 saturated carbocycles. The SMILES string of the molecule is COc1cccc(CN2c3ccc(C(N)=O)cc3NC(=O)[C@@H]2CC(C)C)c1. The van der Waals surface area contributed by atoms with Crippen LogP contribution in [0.5, 0.6) is 5.75 Å². The number of hydrogen-bond acceptors (Lipinski definition) is 4. The average molecular weight is 367 g/mol. The van der Waals surface area contributed by atoms with E-state index < -0.39 is 5.91 Å². The molecule has 27 heavy (non-hydrogen) atoms. The molecule has 0 bridgehead atoms. The number of carbonyl (C=O) groups excluding carboxylic acids is 2. The number of fused-ring (bicyclic) bond motifs is 1. The van der Waals surface area contributed by atoms with E-state index >= 15 is 0 Å². The van der Waals surface area contributed by atoms with Gasteiger partial charge in [-0.25, -0.2) is 0 Å². The monoisotopic (exact) mass is 367 g/mol. The molecule has 1 aliphatic rings. The minimum atomic E-state index is -0.518. The lowest BCUT2D eigenvalue weighted by molar-refractivity contribution is -0.118. The molecule has 1 heterocycles. The van der Waals surface area contributed by atoms with Gasteiger partial charge in [-0.15, -0.1) is 0 Å². The molecule has 0 fully saturated rings. The summed E-state index contributed by atoms with van der Waals surface area (Å²) in [4.78, 5) is 26.4. The van der Waals surface area contributed by atoms with Crippen molar-refractivity contribution < 1.29 is 14.3 Å². The maximum Gasteiger partial charge on any atom is 0.248 e. The minimum Gasteiger partial charge on any atom is -0.497 e. The zero-order chi connectivity index (χ0) is 19.6. The first kappa shape index (κ1) is 18.8. The summed E-state index contributed by atoms with van der Waals surface area (Å²) in [6, 6.07) is 12.7. The summed E-state index contributed by atoms with van der Waals surface area (Å²) in [7, 11) is 1.63. The topological polar surface area (TPSA) is 84.7 Å². The van der Waals surface area contributed by atoms with E-state index in [0.717, 1.165) is 23.4 Å². The number of nitrogens with two attached hydrogens (primary N) is 1. The third-order valence-electron chi connectivity index (χ3n) is 4.71. The Hall–Kier alpha value is -3.02. The van der Waals surface area contributed by atoms with Crippen LogP contribution in [0.1, 0.15) is 36.2 Å². The quantitative estimate of drug-likeness (QED) is 0.821. The number of amides is 2. The predicted octanol–water partition coefficient (Wildman–Crippen LogP) is 3.17.